The average molecular weight is 905 g/mol. The van der Waals surface area contributed by atoms with Crippen LogP contribution < -0.4 is 0 Å². The lowest BCUT2D eigenvalue weighted by molar-refractivity contribution is -0.870. The van der Waals surface area contributed by atoms with Crippen molar-refractivity contribution in [1.82, 2.24) is 0 Å². The first-order chi connectivity index (χ1) is 30.5. The first kappa shape index (κ1) is 60.5. The van der Waals surface area contributed by atoms with Crippen LogP contribution in [0.5, 0.6) is 0 Å². The number of phosphoric ester groups is 1. The van der Waals surface area contributed by atoms with Crippen LogP contribution in [0.25, 0.3) is 0 Å². The van der Waals surface area contributed by atoms with Crippen LogP contribution in [-0.4, -0.2) is 74.9 Å². The lowest BCUT2D eigenvalue weighted by Crippen LogP contribution is -2.37. The maximum absolute atomic E-state index is 12.7. The van der Waals surface area contributed by atoms with Gasteiger partial charge >= 0.3 is 19.8 Å². The summed E-state index contributed by atoms with van der Waals surface area (Å²) < 4.78 is 34.3. The first-order valence-electron chi connectivity index (χ1n) is 25.2. The van der Waals surface area contributed by atoms with Gasteiger partial charge in [0.1, 0.15) is 19.8 Å². The Kier molecular flexibility index (Phi) is 42.8. The largest absolute Gasteiger partial charge is 0.472 e. The van der Waals surface area contributed by atoms with Crippen molar-refractivity contribution in [3.05, 3.63) is 72.9 Å². The highest BCUT2D eigenvalue weighted by Crippen LogP contribution is 2.43. The molecule has 1 N–H and O–H groups in total. The molecule has 0 heterocycles. The van der Waals surface area contributed by atoms with E-state index in [9.17, 15) is 19.0 Å². The van der Waals surface area contributed by atoms with Crippen LogP contribution in [0.4, 0.5) is 0 Å². The number of carbonyl (C=O) groups is 2. The summed E-state index contributed by atoms with van der Waals surface area (Å²) in [5, 5.41) is 0. The van der Waals surface area contributed by atoms with Gasteiger partial charge in [-0.2, -0.15) is 0 Å². The van der Waals surface area contributed by atoms with E-state index in [1.54, 1.807) is 0 Å². The summed E-state index contributed by atoms with van der Waals surface area (Å²) in [7, 11) is 1.43. The first-order valence-corrected chi connectivity index (χ1v) is 26.7. The van der Waals surface area contributed by atoms with Gasteiger partial charge in [-0.05, 0) is 51.4 Å². The van der Waals surface area contributed by atoms with Gasteiger partial charge in [0, 0.05) is 12.8 Å². The second-order valence-corrected chi connectivity index (χ2v) is 19.3. The number of unbranched alkanes of at least 4 members (excludes halogenated alkanes) is 19. The minimum absolute atomic E-state index is 0.0160. The molecule has 0 aromatic heterocycles. The maximum Gasteiger partial charge on any atom is 0.472 e. The maximum atomic E-state index is 12.7. The fourth-order valence-electron chi connectivity index (χ4n) is 6.63. The summed E-state index contributed by atoms with van der Waals surface area (Å²) >= 11 is 0. The van der Waals surface area contributed by atoms with Crippen LogP contribution in [0.3, 0.4) is 0 Å². The highest BCUT2D eigenvalue weighted by molar-refractivity contribution is 7.47. The van der Waals surface area contributed by atoms with E-state index >= 15 is 0 Å². The monoisotopic (exact) mass is 905 g/mol. The van der Waals surface area contributed by atoms with Gasteiger partial charge in [0.25, 0.3) is 0 Å². The number of allylic oxidation sites excluding steroid dienone is 12. The van der Waals surface area contributed by atoms with Crippen molar-refractivity contribution in [3.63, 3.8) is 0 Å². The molecule has 0 aliphatic carbocycles. The van der Waals surface area contributed by atoms with Gasteiger partial charge in [0.15, 0.2) is 6.10 Å². The van der Waals surface area contributed by atoms with E-state index in [-0.39, 0.29) is 32.0 Å². The van der Waals surface area contributed by atoms with Crippen molar-refractivity contribution in [3.8, 4) is 0 Å². The normalized spacial score (nSPS) is 14.1. The van der Waals surface area contributed by atoms with E-state index in [0.29, 0.717) is 17.4 Å². The van der Waals surface area contributed by atoms with E-state index in [0.717, 1.165) is 57.8 Å². The van der Waals surface area contributed by atoms with Gasteiger partial charge in [-0.1, -0.05) is 209 Å². The molecule has 10 heteroatoms. The zero-order valence-corrected chi connectivity index (χ0v) is 41.9. The summed E-state index contributed by atoms with van der Waals surface area (Å²) in [6, 6.07) is 0. The molecule has 0 aromatic carbocycles. The highest BCUT2D eigenvalue weighted by Gasteiger charge is 2.27. The number of hydrogen-bond acceptors (Lipinski definition) is 7. The van der Waals surface area contributed by atoms with E-state index in [2.05, 4.69) is 74.6 Å². The van der Waals surface area contributed by atoms with Crippen LogP contribution in [0.2, 0.25) is 0 Å². The second kappa shape index (κ2) is 44.6. The molecule has 364 valence electrons. The number of esters is 2. The van der Waals surface area contributed by atoms with Crippen LogP contribution in [0.1, 0.15) is 200 Å². The number of quaternary nitrogens is 1. The van der Waals surface area contributed by atoms with Crippen LogP contribution >= 0.6 is 7.82 Å². The van der Waals surface area contributed by atoms with Crippen molar-refractivity contribution >= 4 is 19.8 Å². The number of nitrogens with zero attached hydrogens (tertiary/aromatic N) is 1. The number of hydrogen-bond donors (Lipinski definition) is 1. The minimum Gasteiger partial charge on any atom is -0.462 e. The fourth-order valence-corrected chi connectivity index (χ4v) is 7.37. The number of rotatable bonds is 45. The molecule has 0 amide bonds. The SMILES string of the molecule is CC/C=C\C/C=C\C/C=C\C/C=C\C/C=C\C/C=C\CCC(=O)OC(COC(=O)CCCCCCCCCCCCCCCCCCCCCC)COP(=O)(O)OCC[N+](C)(C)C. The van der Waals surface area contributed by atoms with Crippen LogP contribution in [0, 0.1) is 0 Å². The Morgan fingerprint density at radius 3 is 1.32 bits per heavy atom. The van der Waals surface area contributed by atoms with Crippen molar-refractivity contribution in [2.45, 2.75) is 206 Å². The van der Waals surface area contributed by atoms with E-state index in [1.807, 2.05) is 33.3 Å². The minimum atomic E-state index is -4.40. The molecule has 0 bridgehead atoms. The summed E-state index contributed by atoms with van der Waals surface area (Å²) in [5.74, 6) is -0.894. The fraction of sp³-hybridized carbons (Fsp3) is 0.736. The van der Waals surface area contributed by atoms with E-state index < -0.39 is 26.5 Å². The lowest BCUT2D eigenvalue weighted by atomic mass is 10.0. The predicted octanol–water partition coefficient (Wildman–Crippen LogP) is 15.0. The molecule has 63 heavy (non-hydrogen) atoms. The molecular formula is C53H95NO8P+. The predicted molar refractivity (Wildman–Crippen MR) is 266 cm³/mol. The Hall–Kier alpha value is -2.55. The Balaban J connectivity index is 4.37. The molecule has 0 radical (unpaired) electrons. The molecule has 0 rings (SSSR count). The number of carbonyl (C=O) groups excluding carboxylic acids is 2. The summed E-state index contributed by atoms with van der Waals surface area (Å²) in [4.78, 5) is 35.5. The lowest BCUT2D eigenvalue weighted by Gasteiger charge is -2.24. The topological polar surface area (TPSA) is 108 Å². The Morgan fingerprint density at radius 2 is 0.905 bits per heavy atom. The van der Waals surface area contributed by atoms with E-state index in [4.69, 9.17) is 18.5 Å². The quantitative estimate of drug-likeness (QED) is 0.0212. The molecule has 0 aliphatic rings. The zero-order chi connectivity index (χ0) is 46.4. The smallest absolute Gasteiger partial charge is 0.462 e. The van der Waals surface area contributed by atoms with Crippen molar-refractivity contribution in [2.75, 3.05) is 47.5 Å². The molecular weight excluding hydrogens is 810 g/mol. The zero-order valence-electron chi connectivity index (χ0n) is 41.0. The summed E-state index contributed by atoms with van der Waals surface area (Å²) in [6.07, 6.45) is 56.9. The summed E-state index contributed by atoms with van der Waals surface area (Å²) in [6.45, 7) is 4.24. The van der Waals surface area contributed by atoms with Gasteiger partial charge in [-0.15, -0.1) is 0 Å². The molecule has 9 nitrogen and oxygen atoms in total. The van der Waals surface area contributed by atoms with Crippen LogP contribution in [0.15, 0.2) is 72.9 Å². The number of phosphoric acid groups is 1. The van der Waals surface area contributed by atoms with Crippen molar-refractivity contribution in [2.24, 2.45) is 0 Å². The van der Waals surface area contributed by atoms with E-state index in [1.165, 1.54) is 109 Å². The third kappa shape index (κ3) is 48.7. The molecule has 0 saturated carbocycles. The second-order valence-electron chi connectivity index (χ2n) is 17.8. The molecule has 0 fully saturated rings. The van der Waals surface area contributed by atoms with Crippen molar-refractivity contribution < 1.29 is 42.1 Å². The average Bonchev–Trinajstić information content (AvgIpc) is 3.24. The van der Waals surface area contributed by atoms with Gasteiger partial charge < -0.3 is 18.9 Å². The van der Waals surface area contributed by atoms with Gasteiger partial charge in [0.05, 0.1) is 27.7 Å². The summed E-state index contributed by atoms with van der Waals surface area (Å²) in [5.41, 5.74) is 0. The van der Waals surface area contributed by atoms with Crippen molar-refractivity contribution in [1.29, 1.82) is 0 Å². The van der Waals surface area contributed by atoms with Gasteiger partial charge in [-0.25, -0.2) is 4.57 Å². The molecule has 0 spiro atoms. The molecule has 0 saturated heterocycles. The van der Waals surface area contributed by atoms with Gasteiger partial charge in [0.2, 0.25) is 0 Å². The Morgan fingerprint density at radius 1 is 0.508 bits per heavy atom. The molecule has 0 aromatic rings. The highest BCUT2D eigenvalue weighted by atomic mass is 31.2. The van der Waals surface area contributed by atoms with Crippen LogP contribution in [-0.2, 0) is 32.7 Å². The Bertz CT molecular complexity index is 1300. The molecule has 0 aliphatic heterocycles. The third-order valence-corrected chi connectivity index (χ3v) is 11.5. The number of likely N-dealkylation sites (N-methyl/N-ethyl adjacent to an activating group) is 1. The molecule has 2 unspecified atom stereocenters. The number of ether oxygens (including phenoxy) is 2. The third-order valence-electron chi connectivity index (χ3n) is 10.5. The molecule has 2 atom stereocenters. The van der Waals surface area contributed by atoms with Gasteiger partial charge in [-0.3, -0.25) is 18.6 Å². The Labute approximate surface area is 387 Å². The standard InChI is InChI=1S/C53H94NO8P/c1-6-8-10-12-14-16-18-20-22-24-26-28-29-31-33-35-37-39-41-43-45-52(55)59-49-51(50-61-63(57,58)60-48-47-54(3,4)5)62-53(56)46-44-42-40-38-36-34-32-30-27-25-23-21-19-17-15-13-11-9-7-2/h9,11,15,17,21,23,27,30,34,36,40,42,51H,6-8,10,12-14,16,18-20,22,24-26,28-29,31-33,35,37-39,41,43-50H2,1-5H3/p+1/b11-9-,17-15-,23-21-,30-27-,36-34-,42-40-.